The maximum absolute atomic E-state index is 5.76. The summed E-state index contributed by atoms with van der Waals surface area (Å²) in [5.74, 6) is 1.14. The summed E-state index contributed by atoms with van der Waals surface area (Å²) in [7, 11) is 1.99. The predicted molar refractivity (Wildman–Crippen MR) is 60.0 cm³/mol. The van der Waals surface area contributed by atoms with Crippen molar-refractivity contribution in [3.63, 3.8) is 0 Å². The van der Waals surface area contributed by atoms with E-state index in [2.05, 4.69) is 34.9 Å². The molecular weight excluding hydrogens is 242 g/mol. The van der Waals surface area contributed by atoms with Gasteiger partial charge in [-0.2, -0.15) is 5.10 Å². The molecule has 14 heavy (non-hydrogen) atoms. The van der Waals surface area contributed by atoms with Crippen LogP contribution in [0, 0.1) is 11.3 Å². The maximum atomic E-state index is 5.76. The van der Waals surface area contributed by atoms with E-state index >= 15 is 0 Å². The molecule has 1 fully saturated rings. The van der Waals surface area contributed by atoms with Gasteiger partial charge in [0.2, 0.25) is 0 Å². The summed E-state index contributed by atoms with van der Waals surface area (Å²) in [6.07, 6.45) is 1.86. The Bertz CT molecular complexity index is 337. The number of halogens is 1. The molecule has 0 bridgehead atoms. The molecule has 1 aliphatic rings. The first-order valence-electron chi connectivity index (χ1n) is 4.87. The van der Waals surface area contributed by atoms with Gasteiger partial charge in [-0.25, -0.2) is 0 Å². The number of nitrogens with two attached hydrogens (primary N) is 1. The minimum atomic E-state index is 0.324. The Morgan fingerprint density at radius 2 is 2.29 bits per heavy atom. The van der Waals surface area contributed by atoms with E-state index in [1.165, 1.54) is 5.69 Å². The average Bonchev–Trinajstić information content (AvgIpc) is 2.48. The SMILES string of the molecule is Cn1ncc(Br)c1C1C(CN)C1(C)C. The van der Waals surface area contributed by atoms with Crippen LogP contribution >= 0.6 is 15.9 Å². The van der Waals surface area contributed by atoms with Crippen molar-refractivity contribution in [3.8, 4) is 0 Å². The number of nitrogens with zero attached hydrogens (tertiary/aromatic N) is 2. The van der Waals surface area contributed by atoms with E-state index in [4.69, 9.17) is 5.73 Å². The molecule has 2 rings (SSSR count). The quantitative estimate of drug-likeness (QED) is 0.880. The Hall–Kier alpha value is -0.350. The second kappa shape index (κ2) is 3.07. The normalized spacial score (nSPS) is 29.2. The van der Waals surface area contributed by atoms with Crippen LogP contribution in [0.2, 0.25) is 0 Å². The van der Waals surface area contributed by atoms with Gasteiger partial charge in [0.1, 0.15) is 0 Å². The highest BCUT2D eigenvalue weighted by molar-refractivity contribution is 9.10. The summed E-state index contributed by atoms with van der Waals surface area (Å²) < 4.78 is 3.06. The molecule has 0 amide bonds. The molecule has 2 unspecified atom stereocenters. The summed E-state index contributed by atoms with van der Waals surface area (Å²) in [4.78, 5) is 0. The van der Waals surface area contributed by atoms with E-state index in [9.17, 15) is 0 Å². The Labute approximate surface area is 92.8 Å². The predicted octanol–water partition coefficient (Wildman–Crippen LogP) is 1.88. The average molecular weight is 258 g/mol. The lowest BCUT2D eigenvalue weighted by molar-refractivity contribution is 0.552. The smallest absolute Gasteiger partial charge is 0.0635 e. The van der Waals surface area contributed by atoms with Crippen molar-refractivity contribution in [1.82, 2.24) is 9.78 Å². The summed E-state index contributed by atoms with van der Waals surface area (Å²) >= 11 is 3.54. The fourth-order valence-electron chi connectivity index (χ4n) is 2.50. The van der Waals surface area contributed by atoms with E-state index in [0.29, 0.717) is 17.3 Å². The van der Waals surface area contributed by atoms with Crippen LogP contribution in [0.25, 0.3) is 0 Å². The Morgan fingerprint density at radius 3 is 2.64 bits per heavy atom. The van der Waals surface area contributed by atoms with Gasteiger partial charge in [0.05, 0.1) is 16.4 Å². The molecule has 1 saturated carbocycles. The van der Waals surface area contributed by atoms with Gasteiger partial charge in [0, 0.05) is 13.0 Å². The van der Waals surface area contributed by atoms with Crippen LogP contribution in [0.1, 0.15) is 25.5 Å². The van der Waals surface area contributed by atoms with E-state index in [-0.39, 0.29) is 0 Å². The molecule has 4 heteroatoms. The van der Waals surface area contributed by atoms with Crippen molar-refractivity contribution >= 4 is 15.9 Å². The topological polar surface area (TPSA) is 43.8 Å². The Morgan fingerprint density at radius 1 is 1.64 bits per heavy atom. The van der Waals surface area contributed by atoms with E-state index < -0.39 is 0 Å². The zero-order valence-corrected chi connectivity index (χ0v) is 10.4. The van der Waals surface area contributed by atoms with Crippen molar-refractivity contribution in [2.24, 2.45) is 24.1 Å². The molecule has 78 valence electrons. The third-order valence-corrected chi connectivity index (χ3v) is 4.15. The Kier molecular flexibility index (Phi) is 2.23. The second-order valence-electron chi connectivity index (χ2n) is 4.64. The minimum absolute atomic E-state index is 0.324. The van der Waals surface area contributed by atoms with Crippen LogP contribution in [0.3, 0.4) is 0 Å². The van der Waals surface area contributed by atoms with Crippen molar-refractivity contribution in [2.75, 3.05) is 6.54 Å². The zero-order valence-electron chi connectivity index (χ0n) is 8.79. The number of aryl methyl sites for hydroxylation is 1. The van der Waals surface area contributed by atoms with Gasteiger partial charge >= 0.3 is 0 Å². The van der Waals surface area contributed by atoms with E-state index in [1.54, 1.807) is 0 Å². The molecule has 0 aliphatic heterocycles. The molecule has 0 aromatic carbocycles. The lowest BCUT2D eigenvalue weighted by Gasteiger charge is -2.04. The fraction of sp³-hybridized carbons (Fsp3) is 0.700. The lowest BCUT2D eigenvalue weighted by Crippen LogP contribution is -2.05. The summed E-state index contributed by atoms with van der Waals surface area (Å²) in [6, 6.07) is 0. The van der Waals surface area contributed by atoms with E-state index in [0.717, 1.165) is 11.0 Å². The first kappa shape index (κ1) is 10.2. The zero-order chi connectivity index (χ0) is 10.5. The molecule has 2 N–H and O–H groups in total. The van der Waals surface area contributed by atoms with Crippen LogP contribution in [-0.2, 0) is 7.05 Å². The van der Waals surface area contributed by atoms with Crippen LogP contribution in [0.5, 0.6) is 0 Å². The van der Waals surface area contributed by atoms with Gasteiger partial charge in [-0.05, 0) is 33.8 Å². The van der Waals surface area contributed by atoms with E-state index in [1.807, 2.05) is 17.9 Å². The highest BCUT2D eigenvalue weighted by Crippen LogP contribution is 2.64. The third-order valence-electron chi connectivity index (χ3n) is 3.54. The maximum Gasteiger partial charge on any atom is 0.0635 e. The highest BCUT2D eigenvalue weighted by Gasteiger charge is 2.59. The highest BCUT2D eigenvalue weighted by atomic mass is 79.9. The van der Waals surface area contributed by atoms with Crippen LogP contribution in [0.15, 0.2) is 10.7 Å². The lowest BCUT2D eigenvalue weighted by atomic mass is 10.1. The largest absolute Gasteiger partial charge is 0.330 e. The van der Waals surface area contributed by atoms with Gasteiger partial charge < -0.3 is 5.73 Å². The summed E-state index contributed by atoms with van der Waals surface area (Å²) in [6.45, 7) is 5.30. The molecule has 0 saturated heterocycles. The third kappa shape index (κ3) is 1.24. The molecule has 1 aliphatic carbocycles. The monoisotopic (exact) mass is 257 g/mol. The first-order chi connectivity index (χ1) is 6.50. The van der Waals surface area contributed by atoms with Crippen molar-refractivity contribution < 1.29 is 0 Å². The second-order valence-corrected chi connectivity index (χ2v) is 5.50. The number of aromatic nitrogens is 2. The molecule has 0 spiro atoms. The van der Waals surface area contributed by atoms with Gasteiger partial charge in [-0.15, -0.1) is 0 Å². The Balaban J connectivity index is 2.35. The standard InChI is InChI=1S/C10H16BrN3/c1-10(2)6(4-12)8(10)9-7(11)5-13-14(9)3/h5-6,8H,4,12H2,1-3H3. The molecule has 1 heterocycles. The fourth-order valence-corrected chi connectivity index (χ4v) is 3.09. The van der Waals surface area contributed by atoms with Gasteiger partial charge in [-0.1, -0.05) is 13.8 Å². The number of hydrogen-bond acceptors (Lipinski definition) is 2. The van der Waals surface area contributed by atoms with Gasteiger partial charge in [-0.3, -0.25) is 4.68 Å². The van der Waals surface area contributed by atoms with Crippen LogP contribution in [-0.4, -0.2) is 16.3 Å². The molecule has 0 radical (unpaired) electrons. The summed E-state index contributed by atoms with van der Waals surface area (Å²) in [5, 5.41) is 4.24. The molecule has 3 nitrogen and oxygen atoms in total. The molecule has 2 atom stereocenters. The van der Waals surface area contributed by atoms with Crippen molar-refractivity contribution in [2.45, 2.75) is 19.8 Å². The van der Waals surface area contributed by atoms with Crippen molar-refractivity contribution in [3.05, 3.63) is 16.4 Å². The molecular formula is C10H16BrN3. The molecule has 1 aromatic heterocycles. The first-order valence-corrected chi connectivity index (χ1v) is 5.67. The van der Waals surface area contributed by atoms with Crippen LogP contribution < -0.4 is 5.73 Å². The number of rotatable bonds is 2. The van der Waals surface area contributed by atoms with Crippen molar-refractivity contribution in [1.29, 1.82) is 0 Å². The van der Waals surface area contributed by atoms with Gasteiger partial charge in [0.15, 0.2) is 0 Å². The molecule has 1 aromatic rings. The number of hydrogen-bond donors (Lipinski definition) is 1. The summed E-state index contributed by atoms with van der Waals surface area (Å²) in [5.41, 5.74) is 7.37. The van der Waals surface area contributed by atoms with Crippen LogP contribution in [0.4, 0.5) is 0 Å². The van der Waals surface area contributed by atoms with Gasteiger partial charge in [0.25, 0.3) is 0 Å². The minimum Gasteiger partial charge on any atom is -0.330 e.